The second-order valence-corrected chi connectivity index (χ2v) is 7.49. The number of halogens is 2. The predicted octanol–water partition coefficient (Wildman–Crippen LogP) is 2.55. The van der Waals surface area contributed by atoms with Gasteiger partial charge in [0.05, 0.1) is 2.33 Å². The summed E-state index contributed by atoms with van der Waals surface area (Å²) in [6.45, 7) is 4.18. The molecule has 0 aromatic rings. The van der Waals surface area contributed by atoms with Crippen LogP contribution in [0.15, 0.2) is 0 Å². The van der Waals surface area contributed by atoms with Gasteiger partial charge in [0, 0.05) is 0 Å². The Bertz CT molecular complexity index is 22.4. The molecule has 0 radical (unpaired) electrons. The molecule has 0 aromatic carbocycles. The molecule has 0 fully saturated rings. The van der Waals surface area contributed by atoms with Gasteiger partial charge in [-0.05, 0) is 13.8 Å². The minimum Gasteiger partial charge on any atom is -0.0743 e. The van der Waals surface area contributed by atoms with Crippen LogP contribution in [-0.4, -0.2) is 2.33 Å². The fraction of sp³-hybridized carbons (Fsp3) is 1.00. The molecular weight excluding hydrogens is 243 g/mol. The van der Waals surface area contributed by atoms with Crippen molar-refractivity contribution >= 4 is 38.5 Å². The Balaban J connectivity index is 3.02. The summed E-state index contributed by atoms with van der Waals surface area (Å²) in [5.74, 6) is 0. The van der Waals surface area contributed by atoms with E-state index in [0.717, 1.165) is 0 Å². The second kappa shape index (κ2) is 1.78. The first kappa shape index (κ1) is 6.21. The lowest BCUT2D eigenvalue weighted by molar-refractivity contribution is 1.10. The van der Waals surface area contributed by atoms with E-state index in [1.807, 2.05) is 0 Å². The van der Waals surface area contributed by atoms with Gasteiger partial charge in [-0.15, -0.1) is 0 Å². The van der Waals surface area contributed by atoms with Gasteiger partial charge in [0.15, 0.2) is 0 Å². The van der Waals surface area contributed by atoms with E-state index in [2.05, 4.69) is 52.4 Å². The van der Waals surface area contributed by atoms with Crippen LogP contribution in [0.5, 0.6) is 0 Å². The zero-order valence-electron chi connectivity index (χ0n) is 3.26. The van der Waals surface area contributed by atoms with Gasteiger partial charge < -0.3 is 0 Å². The van der Waals surface area contributed by atoms with Crippen molar-refractivity contribution in [3.05, 3.63) is 0 Å². The lowest BCUT2D eigenvalue weighted by Gasteiger charge is -1.99. The van der Waals surface area contributed by atoms with Gasteiger partial charge in [-0.1, -0.05) is 38.5 Å². The Kier molecular flexibility index (Phi) is 2.21. The largest absolute Gasteiger partial charge is 0.0743 e. The standard InChI is InChI=1S/C3H6BrI/c1-3(2,4)5/h1-2H3. The van der Waals surface area contributed by atoms with E-state index in [9.17, 15) is 0 Å². The first-order valence-corrected chi connectivity index (χ1v) is 3.25. The summed E-state index contributed by atoms with van der Waals surface area (Å²) in [7, 11) is 0. The molecule has 0 aromatic heterocycles. The van der Waals surface area contributed by atoms with E-state index in [4.69, 9.17) is 0 Å². The summed E-state index contributed by atoms with van der Waals surface area (Å²) in [4.78, 5) is 0. The third-order valence-corrected chi connectivity index (χ3v) is 0. The monoisotopic (exact) mass is 248 g/mol. The first-order valence-electron chi connectivity index (χ1n) is 1.38. The summed E-state index contributed by atoms with van der Waals surface area (Å²) in [5, 5.41) is 0. The van der Waals surface area contributed by atoms with Crippen LogP contribution in [0.3, 0.4) is 0 Å². The van der Waals surface area contributed by atoms with E-state index in [-0.39, 0.29) is 2.33 Å². The Morgan fingerprint density at radius 3 is 1.60 bits per heavy atom. The highest BCUT2D eigenvalue weighted by Gasteiger charge is 2.01. The lowest BCUT2D eigenvalue weighted by atomic mass is 10.6. The lowest BCUT2D eigenvalue weighted by Crippen LogP contribution is -1.90. The van der Waals surface area contributed by atoms with Gasteiger partial charge in [-0.2, -0.15) is 0 Å². The molecule has 0 amide bonds. The fourth-order valence-electron chi connectivity index (χ4n) is 0. The Hall–Kier alpha value is 1.21. The van der Waals surface area contributed by atoms with Crippen molar-refractivity contribution in [1.82, 2.24) is 0 Å². The molecular formula is C3H6BrI. The van der Waals surface area contributed by atoms with E-state index in [1.54, 1.807) is 0 Å². The number of hydrogen-bond donors (Lipinski definition) is 0. The zero-order chi connectivity index (χ0) is 4.50. The number of hydrogen-bond acceptors (Lipinski definition) is 0. The summed E-state index contributed by atoms with van der Waals surface area (Å²) in [6, 6.07) is 0. The van der Waals surface area contributed by atoms with Gasteiger partial charge >= 0.3 is 0 Å². The summed E-state index contributed by atoms with van der Waals surface area (Å²) in [5.41, 5.74) is 0. The maximum absolute atomic E-state index is 3.36. The molecule has 0 saturated heterocycles. The Morgan fingerprint density at radius 2 is 1.60 bits per heavy atom. The molecule has 32 valence electrons. The van der Waals surface area contributed by atoms with Gasteiger partial charge in [-0.25, -0.2) is 0 Å². The average molecular weight is 249 g/mol. The molecule has 0 unspecified atom stereocenters. The van der Waals surface area contributed by atoms with Gasteiger partial charge in [-0.3, -0.25) is 0 Å². The zero-order valence-corrected chi connectivity index (χ0v) is 7.00. The smallest absolute Gasteiger partial charge is 0.0714 e. The molecule has 0 rings (SSSR count). The summed E-state index contributed by atoms with van der Waals surface area (Å²) in [6.07, 6.45) is 0. The minimum atomic E-state index is 0.282. The maximum Gasteiger partial charge on any atom is 0.0714 e. The van der Waals surface area contributed by atoms with E-state index >= 15 is 0 Å². The molecule has 0 spiro atoms. The third-order valence-electron chi connectivity index (χ3n) is 0. The van der Waals surface area contributed by atoms with Crippen molar-refractivity contribution in [2.45, 2.75) is 16.2 Å². The molecule has 0 aliphatic carbocycles. The Labute approximate surface area is 54.6 Å². The van der Waals surface area contributed by atoms with Crippen LogP contribution in [-0.2, 0) is 0 Å². The van der Waals surface area contributed by atoms with Crippen LogP contribution in [0.25, 0.3) is 0 Å². The highest BCUT2D eigenvalue weighted by molar-refractivity contribution is 14.1. The van der Waals surface area contributed by atoms with Gasteiger partial charge in [0.2, 0.25) is 0 Å². The van der Waals surface area contributed by atoms with Crippen molar-refractivity contribution in [1.29, 1.82) is 0 Å². The van der Waals surface area contributed by atoms with Crippen LogP contribution in [0, 0.1) is 0 Å². The maximum atomic E-state index is 3.36. The van der Waals surface area contributed by atoms with Gasteiger partial charge in [0.1, 0.15) is 0 Å². The molecule has 0 aliphatic rings. The normalized spacial score (nSPS) is 12.0. The highest BCUT2D eigenvalue weighted by atomic mass is 127. The quantitative estimate of drug-likeness (QED) is 0.457. The average Bonchev–Trinajstić information content (AvgIpc) is 0.722. The molecule has 0 atom stereocenters. The fourth-order valence-corrected chi connectivity index (χ4v) is 0. The number of rotatable bonds is 0. The molecule has 0 heterocycles. The van der Waals surface area contributed by atoms with Crippen LogP contribution in [0.2, 0.25) is 0 Å². The van der Waals surface area contributed by atoms with Crippen LogP contribution in [0.1, 0.15) is 13.8 Å². The molecule has 0 bridgehead atoms. The number of alkyl halides is 2. The second-order valence-electron chi connectivity index (χ2n) is 1.33. The first-order chi connectivity index (χ1) is 2.00. The van der Waals surface area contributed by atoms with Crippen molar-refractivity contribution in [3.63, 3.8) is 0 Å². The molecule has 0 saturated carbocycles. The van der Waals surface area contributed by atoms with Gasteiger partial charge in [0.25, 0.3) is 0 Å². The molecule has 5 heavy (non-hydrogen) atoms. The van der Waals surface area contributed by atoms with Crippen LogP contribution < -0.4 is 0 Å². The Morgan fingerprint density at radius 1 is 1.60 bits per heavy atom. The van der Waals surface area contributed by atoms with E-state index < -0.39 is 0 Å². The SMILES string of the molecule is CC(C)(Br)I. The molecule has 0 aliphatic heterocycles. The van der Waals surface area contributed by atoms with Crippen LogP contribution in [0.4, 0.5) is 0 Å². The minimum absolute atomic E-state index is 0.282. The van der Waals surface area contributed by atoms with E-state index in [0.29, 0.717) is 0 Å². The summed E-state index contributed by atoms with van der Waals surface area (Å²) >= 11 is 5.66. The highest BCUT2D eigenvalue weighted by Crippen LogP contribution is 2.23. The molecule has 0 N–H and O–H groups in total. The predicted molar refractivity (Wildman–Crippen MR) is 37.0 cm³/mol. The van der Waals surface area contributed by atoms with Crippen LogP contribution >= 0.6 is 38.5 Å². The third kappa shape index (κ3) is 36.7. The molecule has 2 heteroatoms. The van der Waals surface area contributed by atoms with Crippen molar-refractivity contribution < 1.29 is 0 Å². The summed E-state index contributed by atoms with van der Waals surface area (Å²) < 4.78 is 0.282. The van der Waals surface area contributed by atoms with Crippen molar-refractivity contribution in [3.8, 4) is 0 Å². The van der Waals surface area contributed by atoms with E-state index in [1.165, 1.54) is 0 Å². The molecule has 0 nitrogen and oxygen atoms in total. The topological polar surface area (TPSA) is 0 Å². The van der Waals surface area contributed by atoms with Crippen molar-refractivity contribution in [2.75, 3.05) is 0 Å². The van der Waals surface area contributed by atoms with Crippen molar-refractivity contribution in [2.24, 2.45) is 0 Å².